The molecule has 0 atom stereocenters. The molecule has 102 valence electrons. The number of nitrogens with one attached hydrogen (secondary N) is 1. The van der Waals surface area contributed by atoms with Gasteiger partial charge in [-0.15, -0.1) is 11.6 Å². The van der Waals surface area contributed by atoms with Gasteiger partial charge in [-0.2, -0.15) is 9.90 Å². The molecule has 0 bridgehead atoms. The Hall–Kier alpha value is 0.170. The maximum Gasteiger partial charge on any atom is 0.164 e. The predicted octanol–water partition coefficient (Wildman–Crippen LogP) is -1.65. The molecule has 0 aromatic heterocycles. The van der Waals surface area contributed by atoms with Crippen molar-refractivity contribution in [1.29, 1.82) is 0 Å². The minimum absolute atomic E-state index is 0. The first-order chi connectivity index (χ1) is 7.15. The fraction of sp³-hybridized carbons (Fsp3) is 0.917. The Morgan fingerprint density at radius 2 is 1.71 bits per heavy atom. The zero-order valence-corrected chi connectivity index (χ0v) is 12.8. The molecule has 1 aliphatic heterocycles. The first kappa shape index (κ1) is 17.2. The Morgan fingerprint density at radius 3 is 2.06 bits per heavy atom. The van der Waals surface area contributed by atoms with E-state index in [1.165, 1.54) is 0 Å². The van der Waals surface area contributed by atoms with Gasteiger partial charge < -0.3 is 12.4 Å². The van der Waals surface area contributed by atoms with Crippen LogP contribution in [0.3, 0.4) is 0 Å². The Bertz CT molecular complexity index is 262. The molecule has 1 aliphatic rings. The van der Waals surface area contributed by atoms with Gasteiger partial charge in [-0.05, 0) is 34.6 Å². The number of halogens is 2. The molecular weight excluding hydrogens is 261 g/mol. The highest BCUT2D eigenvalue weighted by molar-refractivity contribution is 6.20. The van der Waals surface area contributed by atoms with E-state index in [9.17, 15) is 4.79 Å². The van der Waals surface area contributed by atoms with Crippen LogP contribution in [0.25, 0.3) is 0 Å². The maximum absolute atomic E-state index is 11.0. The summed E-state index contributed by atoms with van der Waals surface area (Å²) in [4.78, 5) is 16.7. The standard InChI is InChI=1S/C12H22ClNO2.ClH/c1-9(15)8-16-14-11(2,3)6-10(13)7-12(14,4)5;/h10H,6-8H2,1-5H3;1H. The van der Waals surface area contributed by atoms with Crippen LogP contribution in [0.1, 0.15) is 47.5 Å². The molecule has 0 unspecified atom stereocenters. The molecule has 0 saturated carbocycles. The minimum atomic E-state index is -0.0520. The lowest BCUT2D eigenvalue weighted by Gasteiger charge is -2.48. The summed E-state index contributed by atoms with van der Waals surface area (Å²) < 4.78 is 0. The van der Waals surface area contributed by atoms with Crippen LogP contribution in [-0.2, 0) is 9.63 Å². The van der Waals surface area contributed by atoms with Gasteiger partial charge in [-0.1, -0.05) is 0 Å². The van der Waals surface area contributed by atoms with Crippen LogP contribution in [0.15, 0.2) is 0 Å². The van der Waals surface area contributed by atoms with Crippen molar-refractivity contribution < 1.29 is 27.1 Å². The molecule has 1 heterocycles. The number of alkyl halides is 1. The van der Waals surface area contributed by atoms with Crippen molar-refractivity contribution in [2.75, 3.05) is 6.61 Å². The van der Waals surface area contributed by atoms with Gasteiger partial charge in [0, 0.05) is 18.2 Å². The van der Waals surface area contributed by atoms with Crippen molar-refractivity contribution in [3.8, 4) is 0 Å². The first-order valence-corrected chi connectivity index (χ1v) is 6.23. The van der Waals surface area contributed by atoms with Crippen molar-refractivity contribution in [2.24, 2.45) is 0 Å². The van der Waals surface area contributed by atoms with Gasteiger partial charge in [0.2, 0.25) is 0 Å². The third-order valence-electron chi connectivity index (χ3n) is 3.11. The van der Waals surface area contributed by atoms with E-state index < -0.39 is 0 Å². The highest BCUT2D eigenvalue weighted by Crippen LogP contribution is 2.27. The number of hydrogen-bond acceptors (Lipinski definition) is 2. The third kappa shape index (κ3) is 4.40. The average molecular weight is 284 g/mol. The number of rotatable bonds is 3. The molecule has 0 amide bonds. The molecule has 0 aromatic carbocycles. The van der Waals surface area contributed by atoms with Crippen molar-refractivity contribution in [3.05, 3.63) is 0 Å². The Balaban J connectivity index is 0.00000256. The summed E-state index contributed by atoms with van der Waals surface area (Å²) in [6, 6.07) is 0. The first-order valence-electron chi connectivity index (χ1n) is 5.79. The SMILES string of the molecule is CC(=O)CO[NH+]1C(C)(C)CC(Cl)CC1(C)C.[Cl-]. The molecule has 1 saturated heterocycles. The largest absolute Gasteiger partial charge is 1.00 e. The summed E-state index contributed by atoms with van der Waals surface area (Å²) in [5.41, 5.74) is -0.104. The van der Waals surface area contributed by atoms with Gasteiger partial charge >= 0.3 is 0 Å². The highest BCUT2D eigenvalue weighted by Gasteiger charge is 2.50. The number of ketones is 1. The molecule has 5 heteroatoms. The number of hydroxylamine groups is 2. The monoisotopic (exact) mass is 283 g/mol. The van der Waals surface area contributed by atoms with Crippen molar-refractivity contribution in [1.82, 2.24) is 0 Å². The summed E-state index contributed by atoms with van der Waals surface area (Å²) in [6.07, 6.45) is 1.82. The number of carbonyl (C=O) groups is 1. The molecule has 0 spiro atoms. The van der Waals surface area contributed by atoms with Gasteiger partial charge in [0.1, 0.15) is 11.1 Å². The second kappa shape index (κ2) is 5.87. The van der Waals surface area contributed by atoms with Crippen LogP contribution in [0.4, 0.5) is 0 Å². The summed E-state index contributed by atoms with van der Waals surface area (Å²) >= 11 is 6.28. The van der Waals surface area contributed by atoms with Gasteiger partial charge in [-0.25, -0.2) is 0 Å². The number of piperidine rings is 1. The molecule has 1 rings (SSSR count). The smallest absolute Gasteiger partial charge is 0.164 e. The topological polar surface area (TPSA) is 30.7 Å². The number of Topliss-reactive ketones (excluding diaryl/α,β-unsaturated/α-hetero) is 1. The van der Waals surface area contributed by atoms with E-state index in [1.807, 2.05) is 0 Å². The van der Waals surface area contributed by atoms with E-state index in [2.05, 4.69) is 27.7 Å². The summed E-state index contributed by atoms with van der Waals surface area (Å²) in [5.74, 6) is 0.0621. The zero-order chi connectivity index (χ0) is 12.6. The van der Waals surface area contributed by atoms with Gasteiger partial charge in [-0.3, -0.25) is 4.79 Å². The third-order valence-corrected chi connectivity index (χ3v) is 3.42. The van der Waals surface area contributed by atoms with E-state index in [4.69, 9.17) is 16.4 Å². The molecule has 3 nitrogen and oxygen atoms in total. The van der Waals surface area contributed by atoms with Crippen molar-refractivity contribution in [2.45, 2.75) is 63.9 Å². The fourth-order valence-electron chi connectivity index (χ4n) is 2.85. The van der Waals surface area contributed by atoms with Gasteiger partial charge in [0.25, 0.3) is 0 Å². The van der Waals surface area contributed by atoms with Crippen LogP contribution < -0.4 is 17.5 Å². The summed E-state index contributed by atoms with van der Waals surface area (Å²) in [6.45, 7) is 10.3. The fourth-order valence-corrected chi connectivity index (χ4v) is 3.62. The number of hydrogen-bond donors (Lipinski definition) is 1. The van der Waals surface area contributed by atoms with Crippen LogP contribution in [0.2, 0.25) is 0 Å². The molecular formula is C12H23Cl2NO2. The average Bonchev–Trinajstić information content (AvgIpc) is 1.96. The minimum Gasteiger partial charge on any atom is -1.00 e. The molecule has 0 aromatic rings. The maximum atomic E-state index is 11.0. The summed E-state index contributed by atoms with van der Waals surface area (Å²) in [5, 5.41) is 1.21. The van der Waals surface area contributed by atoms with Crippen molar-refractivity contribution >= 4 is 17.4 Å². The second-order valence-electron chi connectivity index (χ2n) is 6.09. The Morgan fingerprint density at radius 1 is 1.29 bits per heavy atom. The Labute approximate surface area is 115 Å². The summed E-state index contributed by atoms with van der Waals surface area (Å²) in [7, 11) is 0. The van der Waals surface area contributed by atoms with Gasteiger partial charge in [0.05, 0.1) is 0 Å². The molecule has 1 fully saturated rings. The number of carbonyl (C=O) groups excluding carboxylic acids is 1. The lowest BCUT2D eigenvalue weighted by atomic mass is 9.82. The lowest BCUT2D eigenvalue weighted by Crippen LogP contribution is -3.26. The predicted molar refractivity (Wildman–Crippen MR) is 64.6 cm³/mol. The highest BCUT2D eigenvalue weighted by atomic mass is 35.5. The van der Waals surface area contributed by atoms with E-state index in [-0.39, 0.29) is 41.3 Å². The van der Waals surface area contributed by atoms with Crippen LogP contribution in [0.5, 0.6) is 0 Å². The normalized spacial score (nSPS) is 30.5. The van der Waals surface area contributed by atoms with E-state index in [0.29, 0.717) is 0 Å². The van der Waals surface area contributed by atoms with Crippen LogP contribution in [-0.4, -0.2) is 28.8 Å². The van der Waals surface area contributed by atoms with E-state index >= 15 is 0 Å². The molecule has 17 heavy (non-hydrogen) atoms. The van der Waals surface area contributed by atoms with Crippen LogP contribution >= 0.6 is 11.6 Å². The van der Waals surface area contributed by atoms with Crippen molar-refractivity contribution in [3.63, 3.8) is 0 Å². The molecule has 0 aliphatic carbocycles. The second-order valence-corrected chi connectivity index (χ2v) is 6.71. The molecule has 1 N–H and O–H groups in total. The van der Waals surface area contributed by atoms with Crippen LogP contribution in [0, 0.1) is 0 Å². The van der Waals surface area contributed by atoms with Gasteiger partial charge in [0.15, 0.2) is 12.4 Å². The zero-order valence-electron chi connectivity index (χ0n) is 11.3. The number of quaternary nitrogens is 1. The molecule has 0 radical (unpaired) electrons. The Kier molecular flexibility index (Phi) is 5.93. The quantitative estimate of drug-likeness (QED) is 0.630. The van der Waals surface area contributed by atoms with E-state index in [0.717, 1.165) is 17.9 Å². The van der Waals surface area contributed by atoms with E-state index in [1.54, 1.807) is 6.92 Å². The lowest BCUT2D eigenvalue weighted by molar-refractivity contribution is -1.16.